The molecule has 1 aromatic rings. The molecule has 1 fully saturated rings. The number of nitrogens with two attached hydrogens (primary N) is 1. The maximum absolute atomic E-state index is 12.6. The number of aliphatic hydroxyl groups excluding tert-OH is 1. The highest BCUT2D eigenvalue weighted by Crippen LogP contribution is 2.29. The molecule has 3 atom stereocenters. The molecule has 0 saturated heterocycles. The maximum Gasteiger partial charge on any atom is 0.225 e. The summed E-state index contributed by atoms with van der Waals surface area (Å²) in [5.41, 5.74) is 7.14. The van der Waals surface area contributed by atoms with Crippen LogP contribution in [-0.2, 0) is 24.2 Å². The van der Waals surface area contributed by atoms with Gasteiger partial charge in [0, 0.05) is 23.9 Å². The van der Waals surface area contributed by atoms with Gasteiger partial charge in [0.1, 0.15) is 5.01 Å². The van der Waals surface area contributed by atoms with Gasteiger partial charge in [-0.3, -0.25) is 4.79 Å². The quantitative estimate of drug-likeness (QED) is 0.883. The molecule has 0 bridgehead atoms. The number of rotatable bonds is 3. The highest BCUT2D eigenvalue weighted by atomic mass is 32.1. The number of carbonyl (C=O) groups excluding carboxylic acids is 1. The van der Waals surface area contributed by atoms with Crippen molar-refractivity contribution < 1.29 is 9.90 Å². The van der Waals surface area contributed by atoms with Gasteiger partial charge in [0.2, 0.25) is 5.91 Å². The van der Waals surface area contributed by atoms with Crippen LogP contribution in [0.4, 0.5) is 0 Å². The van der Waals surface area contributed by atoms with Gasteiger partial charge in [0.05, 0.1) is 18.3 Å². The lowest BCUT2D eigenvalue weighted by Crippen LogP contribution is -2.45. The van der Waals surface area contributed by atoms with E-state index in [1.165, 1.54) is 23.4 Å². The first-order chi connectivity index (χ1) is 10.5. The third-order valence-electron chi connectivity index (χ3n) is 4.85. The van der Waals surface area contributed by atoms with E-state index in [9.17, 15) is 9.90 Å². The molecule has 3 rings (SSSR count). The molecule has 2 aliphatic rings. The van der Waals surface area contributed by atoms with Crippen LogP contribution in [0, 0.1) is 5.92 Å². The Morgan fingerprint density at radius 2 is 2.18 bits per heavy atom. The second kappa shape index (κ2) is 6.64. The summed E-state index contributed by atoms with van der Waals surface area (Å²) in [6, 6.07) is -0.275. The number of nitrogens with zero attached hydrogens (tertiary/aromatic N) is 2. The minimum atomic E-state index is -0.458. The molecule has 1 amide bonds. The average molecular weight is 323 g/mol. The van der Waals surface area contributed by atoms with Gasteiger partial charge in [-0.05, 0) is 44.9 Å². The fraction of sp³-hybridized carbons (Fsp3) is 0.750. The van der Waals surface area contributed by atoms with Gasteiger partial charge in [-0.1, -0.05) is 0 Å². The molecule has 6 heteroatoms. The maximum atomic E-state index is 12.6. The Hall–Kier alpha value is -0.980. The molecule has 22 heavy (non-hydrogen) atoms. The SMILES string of the molecule is CN(Cc1nc2c(s1)CCCC2)C(=O)[C@H]1CC[C@@H](O)[C@H](N)C1. The number of amides is 1. The van der Waals surface area contributed by atoms with Crippen LogP contribution in [0.25, 0.3) is 0 Å². The molecule has 122 valence electrons. The number of fused-ring (bicyclic) bond motifs is 1. The molecule has 1 aromatic heterocycles. The van der Waals surface area contributed by atoms with E-state index in [-0.39, 0.29) is 17.9 Å². The summed E-state index contributed by atoms with van der Waals surface area (Å²) in [5.74, 6) is 0.0773. The Morgan fingerprint density at radius 3 is 2.91 bits per heavy atom. The highest BCUT2D eigenvalue weighted by Gasteiger charge is 2.32. The van der Waals surface area contributed by atoms with E-state index in [1.54, 1.807) is 16.2 Å². The molecule has 0 radical (unpaired) electrons. The zero-order valence-corrected chi connectivity index (χ0v) is 13.9. The van der Waals surface area contributed by atoms with Gasteiger partial charge in [-0.2, -0.15) is 0 Å². The summed E-state index contributed by atoms with van der Waals surface area (Å²) in [6.07, 6.45) is 6.18. The predicted octanol–water partition coefficient (Wildman–Crippen LogP) is 1.47. The fourth-order valence-corrected chi connectivity index (χ4v) is 4.69. The monoisotopic (exact) mass is 323 g/mol. The van der Waals surface area contributed by atoms with E-state index in [4.69, 9.17) is 10.7 Å². The number of hydrogen-bond donors (Lipinski definition) is 2. The topological polar surface area (TPSA) is 79.5 Å². The minimum Gasteiger partial charge on any atom is -0.392 e. The van der Waals surface area contributed by atoms with Crippen molar-refractivity contribution in [2.75, 3.05) is 7.05 Å². The standard InChI is InChI=1S/C16H25N3O2S/c1-19(16(21)10-6-7-13(20)11(17)8-10)9-15-18-12-4-2-3-5-14(12)22-15/h10-11,13,20H,2-9,17H2,1H3/t10-,11+,13+/m0/s1. The lowest BCUT2D eigenvalue weighted by atomic mass is 9.83. The first-order valence-corrected chi connectivity index (χ1v) is 9.02. The zero-order valence-electron chi connectivity index (χ0n) is 13.1. The molecule has 3 N–H and O–H groups in total. The summed E-state index contributed by atoms with van der Waals surface area (Å²) in [6.45, 7) is 0.588. The minimum absolute atomic E-state index is 0.0574. The third kappa shape index (κ3) is 3.34. The van der Waals surface area contributed by atoms with Crippen LogP contribution in [-0.4, -0.2) is 40.1 Å². The summed E-state index contributed by atoms with van der Waals surface area (Å²) in [4.78, 5) is 20.5. The number of thiazole rings is 1. The Morgan fingerprint density at radius 1 is 1.41 bits per heavy atom. The van der Waals surface area contributed by atoms with Crippen LogP contribution < -0.4 is 5.73 Å². The van der Waals surface area contributed by atoms with Gasteiger partial charge < -0.3 is 15.7 Å². The molecule has 0 spiro atoms. The first kappa shape index (κ1) is 15.9. The van der Waals surface area contributed by atoms with E-state index < -0.39 is 6.10 Å². The molecular formula is C16H25N3O2S. The van der Waals surface area contributed by atoms with Crippen LogP contribution in [0.2, 0.25) is 0 Å². The van der Waals surface area contributed by atoms with Crippen molar-refractivity contribution in [1.29, 1.82) is 0 Å². The van der Waals surface area contributed by atoms with Crippen LogP contribution in [0.1, 0.15) is 47.7 Å². The fourth-order valence-electron chi connectivity index (χ4n) is 3.48. The molecule has 1 heterocycles. The predicted molar refractivity (Wildman–Crippen MR) is 86.6 cm³/mol. The van der Waals surface area contributed by atoms with E-state index in [0.717, 1.165) is 24.3 Å². The van der Waals surface area contributed by atoms with Gasteiger partial charge in [-0.25, -0.2) is 4.98 Å². The molecule has 0 unspecified atom stereocenters. The average Bonchev–Trinajstić information content (AvgIpc) is 2.91. The van der Waals surface area contributed by atoms with E-state index in [0.29, 0.717) is 19.4 Å². The van der Waals surface area contributed by atoms with E-state index >= 15 is 0 Å². The molecular weight excluding hydrogens is 298 g/mol. The van der Waals surface area contributed by atoms with Crippen molar-refractivity contribution in [2.24, 2.45) is 11.7 Å². The number of aryl methyl sites for hydroxylation is 2. The number of carbonyl (C=O) groups is 1. The second-order valence-corrected chi connectivity index (χ2v) is 7.79. The van der Waals surface area contributed by atoms with Crippen molar-refractivity contribution in [1.82, 2.24) is 9.88 Å². The molecule has 0 aliphatic heterocycles. The van der Waals surface area contributed by atoms with Gasteiger partial charge >= 0.3 is 0 Å². The molecule has 1 saturated carbocycles. The number of aromatic nitrogens is 1. The van der Waals surface area contributed by atoms with Crippen molar-refractivity contribution >= 4 is 17.2 Å². The largest absolute Gasteiger partial charge is 0.392 e. The van der Waals surface area contributed by atoms with E-state index in [1.807, 2.05) is 7.05 Å². The summed E-state index contributed by atoms with van der Waals surface area (Å²) in [5, 5.41) is 10.7. The Balaban J connectivity index is 1.60. The van der Waals surface area contributed by atoms with Crippen molar-refractivity contribution in [3.8, 4) is 0 Å². The van der Waals surface area contributed by atoms with Gasteiger partial charge in [0.25, 0.3) is 0 Å². The van der Waals surface area contributed by atoms with Crippen LogP contribution >= 0.6 is 11.3 Å². The Bertz CT molecular complexity index is 522. The van der Waals surface area contributed by atoms with Crippen LogP contribution in [0.5, 0.6) is 0 Å². The number of aliphatic hydroxyl groups is 1. The molecule has 2 aliphatic carbocycles. The second-order valence-electron chi connectivity index (χ2n) is 6.62. The zero-order chi connectivity index (χ0) is 15.7. The van der Waals surface area contributed by atoms with Crippen molar-refractivity contribution in [2.45, 2.75) is 63.6 Å². The Kier molecular flexibility index (Phi) is 4.80. The first-order valence-electron chi connectivity index (χ1n) is 8.20. The highest BCUT2D eigenvalue weighted by molar-refractivity contribution is 7.11. The Labute approximate surface area is 135 Å². The van der Waals surface area contributed by atoms with Gasteiger partial charge in [-0.15, -0.1) is 11.3 Å². The lowest BCUT2D eigenvalue weighted by molar-refractivity contribution is -0.136. The number of hydrogen-bond acceptors (Lipinski definition) is 5. The van der Waals surface area contributed by atoms with Crippen LogP contribution in [0.15, 0.2) is 0 Å². The van der Waals surface area contributed by atoms with Crippen molar-refractivity contribution in [3.63, 3.8) is 0 Å². The lowest BCUT2D eigenvalue weighted by Gasteiger charge is -2.32. The van der Waals surface area contributed by atoms with Gasteiger partial charge in [0.15, 0.2) is 0 Å². The van der Waals surface area contributed by atoms with E-state index in [2.05, 4.69) is 0 Å². The third-order valence-corrected chi connectivity index (χ3v) is 5.99. The summed E-state index contributed by atoms with van der Waals surface area (Å²) >= 11 is 1.76. The smallest absolute Gasteiger partial charge is 0.225 e. The summed E-state index contributed by atoms with van der Waals surface area (Å²) in [7, 11) is 1.85. The van der Waals surface area contributed by atoms with Crippen molar-refractivity contribution in [3.05, 3.63) is 15.6 Å². The molecule has 0 aromatic carbocycles. The normalized spacial score (nSPS) is 28.2. The van der Waals surface area contributed by atoms with Crippen LogP contribution in [0.3, 0.4) is 0 Å². The molecule has 5 nitrogen and oxygen atoms in total. The summed E-state index contributed by atoms with van der Waals surface area (Å²) < 4.78 is 0.